The highest BCUT2D eigenvalue weighted by molar-refractivity contribution is 6.06. The fraction of sp³-hybridized carbons (Fsp3) is 0.158. The summed E-state index contributed by atoms with van der Waals surface area (Å²) >= 11 is 0. The number of para-hydroxylation sites is 1. The molecule has 0 bridgehead atoms. The van der Waals surface area contributed by atoms with E-state index < -0.39 is 5.91 Å². The van der Waals surface area contributed by atoms with Crippen molar-refractivity contribution in [3.8, 4) is 5.75 Å². The van der Waals surface area contributed by atoms with Crippen LogP contribution in [-0.4, -0.2) is 25.5 Å². The van der Waals surface area contributed by atoms with Gasteiger partial charge in [0, 0.05) is 6.54 Å². The van der Waals surface area contributed by atoms with Gasteiger partial charge in [-0.25, -0.2) is 0 Å². The maximum Gasteiger partial charge on any atom is 0.267 e. The predicted octanol–water partition coefficient (Wildman–Crippen LogP) is 2.60. The number of likely N-dealkylation sites (N-methyl/N-ethyl adjacent to an activating group) is 1. The number of carbonyl (C=O) groups excluding carboxylic acids is 2. The fourth-order valence-electron chi connectivity index (χ4n) is 2.15. The minimum Gasteiger partial charge on any atom is -0.496 e. The molecular weight excluding hydrogens is 304 g/mol. The van der Waals surface area contributed by atoms with Crippen molar-refractivity contribution in [2.45, 2.75) is 6.92 Å². The molecule has 2 amide bonds. The van der Waals surface area contributed by atoms with Crippen LogP contribution in [0, 0.1) is 0 Å². The number of rotatable bonds is 6. The summed E-state index contributed by atoms with van der Waals surface area (Å²) in [5, 5.41) is 5.37. The number of hydrogen-bond donors (Lipinski definition) is 2. The first-order valence-corrected chi connectivity index (χ1v) is 7.65. The largest absolute Gasteiger partial charge is 0.496 e. The molecule has 0 aliphatic heterocycles. The number of nitrogens with one attached hydrogen (secondary N) is 2. The lowest BCUT2D eigenvalue weighted by molar-refractivity contribution is -0.117. The second-order valence-corrected chi connectivity index (χ2v) is 4.98. The van der Waals surface area contributed by atoms with Gasteiger partial charge < -0.3 is 15.4 Å². The maximum atomic E-state index is 12.5. The molecule has 0 unspecified atom stereocenters. The van der Waals surface area contributed by atoms with Gasteiger partial charge >= 0.3 is 0 Å². The Balaban J connectivity index is 2.30. The van der Waals surface area contributed by atoms with E-state index >= 15 is 0 Å². The smallest absolute Gasteiger partial charge is 0.267 e. The monoisotopic (exact) mass is 324 g/mol. The average molecular weight is 324 g/mol. The molecule has 0 aliphatic carbocycles. The molecule has 0 radical (unpaired) electrons. The Morgan fingerprint density at radius 3 is 2.38 bits per heavy atom. The second-order valence-electron chi connectivity index (χ2n) is 4.98. The molecule has 124 valence electrons. The lowest BCUT2D eigenvalue weighted by atomic mass is 10.1. The number of ether oxygens (including phenoxy) is 1. The van der Waals surface area contributed by atoms with Gasteiger partial charge in [-0.1, -0.05) is 42.5 Å². The van der Waals surface area contributed by atoms with E-state index in [-0.39, 0.29) is 11.6 Å². The summed E-state index contributed by atoms with van der Waals surface area (Å²) in [5.74, 6) is -0.296. The van der Waals surface area contributed by atoms with Crippen LogP contribution in [0.5, 0.6) is 5.75 Å². The highest BCUT2D eigenvalue weighted by Gasteiger charge is 2.16. The van der Waals surface area contributed by atoms with Crippen LogP contribution in [0.3, 0.4) is 0 Å². The highest BCUT2D eigenvalue weighted by atomic mass is 16.5. The summed E-state index contributed by atoms with van der Waals surface area (Å²) in [6.45, 7) is 2.29. The summed E-state index contributed by atoms with van der Waals surface area (Å²) in [7, 11) is 1.50. The minimum atomic E-state index is -0.402. The molecule has 0 heterocycles. The van der Waals surface area contributed by atoms with E-state index in [1.54, 1.807) is 30.3 Å². The molecule has 0 saturated heterocycles. The standard InChI is InChI=1S/C19H20N2O3/c1-3-20-19(23)16(13-14-9-5-4-6-10-14)21-18(22)15-11-7-8-12-17(15)24-2/h4-13H,3H2,1-2H3,(H,20,23)(H,21,22)/b16-13+. The van der Waals surface area contributed by atoms with E-state index in [1.165, 1.54) is 7.11 Å². The molecule has 5 nitrogen and oxygen atoms in total. The molecule has 5 heteroatoms. The third-order valence-electron chi connectivity index (χ3n) is 3.29. The van der Waals surface area contributed by atoms with Gasteiger partial charge in [0.1, 0.15) is 11.4 Å². The first kappa shape index (κ1) is 17.3. The predicted molar refractivity (Wildman–Crippen MR) is 93.6 cm³/mol. The van der Waals surface area contributed by atoms with E-state index in [0.29, 0.717) is 17.9 Å². The van der Waals surface area contributed by atoms with Gasteiger partial charge in [-0.2, -0.15) is 0 Å². The third kappa shape index (κ3) is 4.46. The Morgan fingerprint density at radius 2 is 1.71 bits per heavy atom. The molecule has 0 spiro atoms. The van der Waals surface area contributed by atoms with Gasteiger partial charge in [-0.15, -0.1) is 0 Å². The first-order chi connectivity index (χ1) is 11.7. The second kappa shape index (κ2) is 8.53. The van der Waals surface area contributed by atoms with Crippen molar-refractivity contribution < 1.29 is 14.3 Å². The molecule has 2 rings (SSSR count). The van der Waals surface area contributed by atoms with Crippen LogP contribution in [0.1, 0.15) is 22.8 Å². The fourth-order valence-corrected chi connectivity index (χ4v) is 2.15. The third-order valence-corrected chi connectivity index (χ3v) is 3.29. The lowest BCUT2D eigenvalue weighted by Crippen LogP contribution is -2.34. The molecule has 0 fully saturated rings. The summed E-state index contributed by atoms with van der Waals surface area (Å²) in [4.78, 5) is 24.8. The van der Waals surface area contributed by atoms with E-state index in [2.05, 4.69) is 10.6 Å². The summed E-state index contributed by atoms with van der Waals surface area (Å²) in [6, 6.07) is 16.2. The molecule has 2 aromatic rings. The van der Waals surface area contributed by atoms with Gasteiger partial charge in [0.15, 0.2) is 0 Å². The molecule has 2 aromatic carbocycles. The molecular formula is C19H20N2O3. The Bertz CT molecular complexity index is 739. The number of carbonyl (C=O) groups is 2. The number of benzene rings is 2. The Morgan fingerprint density at radius 1 is 1.04 bits per heavy atom. The number of amides is 2. The van der Waals surface area contributed by atoms with Crippen molar-refractivity contribution in [2.75, 3.05) is 13.7 Å². The molecule has 0 aromatic heterocycles. The van der Waals surface area contributed by atoms with Crippen LogP contribution in [0.2, 0.25) is 0 Å². The van der Waals surface area contributed by atoms with Gasteiger partial charge in [0.05, 0.1) is 12.7 Å². The van der Waals surface area contributed by atoms with Gasteiger partial charge in [0.25, 0.3) is 11.8 Å². The van der Waals surface area contributed by atoms with Crippen LogP contribution in [-0.2, 0) is 4.79 Å². The van der Waals surface area contributed by atoms with Gasteiger partial charge in [0.2, 0.25) is 0 Å². The minimum absolute atomic E-state index is 0.180. The van der Waals surface area contributed by atoms with Crippen molar-refractivity contribution in [3.63, 3.8) is 0 Å². The van der Waals surface area contributed by atoms with E-state index in [0.717, 1.165) is 5.56 Å². The molecule has 0 atom stereocenters. The van der Waals surface area contributed by atoms with Crippen LogP contribution in [0.25, 0.3) is 6.08 Å². The van der Waals surface area contributed by atoms with E-state index in [1.807, 2.05) is 37.3 Å². The van der Waals surface area contributed by atoms with Crippen molar-refractivity contribution >= 4 is 17.9 Å². The molecule has 0 saturated carbocycles. The van der Waals surface area contributed by atoms with Gasteiger partial charge in [-0.05, 0) is 30.7 Å². The highest BCUT2D eigenvalue weighted by Crippen LogP contribution is 2.17. The Hall–Kier alpha value is -3.08. The first-order valence-electron chi connectivity index (χ1n) is 7.65. The zero-order chi connectivity index (χ0) is 17.4. The van der Waals surface area contributed by atoms with Crippen molar-refractivity contribution in [3.05, 3.63) is 71.4 Å². The van der Waals surface area contributed by atoms with Crippen LogP contribution in [0.15, 0.2) is 60.3 Å². The molecule has 2 N–H and O–H groups in total. The zero-order valence-electron chi connectivity index (χ0n) is 13.7. The van der Waals surface area contributed by atoms with Crippen LogP contribution in [0.4, 0.5) is 0 Å². The van der Waals surface area contributed by atoms with Gasteiger partial charge in [-0.3, -0.25) is 9.59 Å². The molecule has 0 aliphatic rings. The van der Waals surface area contributed by atoms with E-state index in [9.17, 15) is 9.59 Å². The lowest BCUT2D eigenvalue weighted by Gasteiger charge is -2.12. The number of methoxy groups -OCH3 is 1. The SMILES string of the molecule is CCNC(=O)/C(=C\c1ccccc1)NC(=O)c1ccccc1OC. The average Bonchev–Trinajstić information content (AvgIpc) is 2.62. The maximum absolute atomic E-state index is 12.5. The zero-order valence-corrected chi connectivity index (χ0v) is 13.7. The normalized spacial score (nSPS) is 10.8. The summed E-state index contributed by atoms with van der Waals surface area (Å²) < 4.78 is 5.19. The van der Waals surface area contributed by atoms with E-state index in [4.69, 9.17) is 4.74 Å². The quantitative estimate of drug-likeness (QED) is 0.803. The number of hydrogen-bond acceptors (Lipinski definition) is 3. The Kier molecular flexibility index (Phi) is 6.14. The molecule has 24 heavy (non-hydrogen) atoms. The topological polar surface area (TPSA) is 67.4 Å². The van der Waals surface area contributed by atoms with Crippen LogP contribution >= 0.6 is 0 Å². The summed E-state index contributed by atoms with van der Waals surface area (Å²) in [5.41, 5.74) is 1.36. The Labute approximate surface area is 141 Å². The van der Waals surface area contributed by atoms with Crippen molar-refractivity contribution in [1.29, 1.82) is 0 Å². The summed E-state index contributed by atoms with van der Waals surface area (Å²) in [6.07, 6.45) is 1.64. The van der Waals surface area contributed by atoms with Crippen molar-refractivity contribution in [1.82, 2.24) is 10.6 Å². The van der Waals surface area contributed by atoms with Crippen LogP contribution < -0.4 is 15.4 Å². The van der Waals surface area contributed by atoms with Crippen molar-refractivity contribution in [2.24, 2.45) is 0 Å².